The van der Waals surface area contributed by atoms with Crippen LogP contribution in [0, 0.1) is 0 Å². The lowest BCUT2D eigenvalue weighted by Gasteiger charge is -2.31. The van der Waals surface area contributed by atoms with Crippen LogP contribution in [-0.2, 0) is 16.1 Å². The van der Waals surface area contributed by atoms with E-state index in [1.165, 1.54) is 11.3 Å². The molecule has 1 aromatic heterocycles. The molecule has 8 heteroatoms. The number of nitrogens with one attached hydrogen (secondary N) is 2. The van der Waals surface area contributed by atoms with E-state index in [-0.39, 0.29) is 18.2 Å². The number of carbonyl (C=O) groups is 2. The van der Waals surface area contributed by atoms with E-state index in [2.05, 4.69) is 22.6 Å². The van der Waals surface area contributed by atoms with E-state index in [1.54, 1.807) is 11.4 Å². The first-order valence-electron chi connectivity index (χ1n) is 10.7. The van der Waals surface area contributed by atoms with E-state index in [4.69, 9.17) is 9.47 Å². The lowest BCUT2D eigenvalue weighted by atomic mass is 10.1. The van der Waals surface area contributed by atoms with Gasteiger partial charge in [0.1, 0.15) is 12.4 Å². The molecule has 2 N–H and O–H groups in total. The lowest BCUT2D eigenvalue weighted by Crippen LogP contribution is -2.38. The molecule has 0 unspecified atom stereocenters. The fourth-order valence-electron chi connectivity index (χ4n) is 3.44. The van der Waals surface area contributed by atoms with Crippen molar-refractivity contribution in [1.29, 1.82) is 0 Å². The van der Waals surface area contributed by atoms with Gasteiger partial charge in [0.25, 0.3) is 5.91 Å². The van der Waals surface area contributed by atoms with Gasteiger partial charge in [-0.25, -0.2) is 0 Å². The van der Waals surface area contributed by atoms with Crippen LogP contribution >= 0.6 is 11.3 Å². The van der Waals surface area contributed by atoms with E-state index in [9.17, 15) is 9.59 Å². The molecular weight excluding hydrogens is 414 g/mol. The Morgan fingerprint density at radius 1 is 1.23 bits per heavy atom. The Morgan fingerprint density at radius 3 is 2.84 bits per heavy atom. The second-order valence-electron chi connectivity index (χ2n) is 7.61. The summed E-state index contributed by atoms with van der Waals surface area (Å²) in [5.74, 6) is 0.548. The van der Waals surface area contributed by atoms with Crippen molar-refractivity contribution in [2.24, 2.45) is 0 Å². The topological polar surface area (TPSA) is 79.9 Å². The largest absolute Gasteiger partial charge is 0.492 e. The third kappa shape index (κ3) is 7.97. The maximum Gasteiger partial charge on any atom is 0.252 e. The SMILES string of the molecule is CN(CCOc1cccc(CNC(=O)CCNC(=O)c2ccsc2)c1)C1CCOCC1. The number of ether oxygens (including phenoxy) is 2. The average Bonchev–Trinajstić information content (AvgIpc) is 3.34. The van der Waals surface area contributed by atoms with E-state index in [0.717, 1.165) is 43.9 Å². The number of benzene rings is 1. The van der Waals surface area contributed by atoms with Crippen LogP contribution in [0.1, 0.15) is 35.2 Å². The number of thiophene rings is 1. The molecule has 7 nitrogen and oxygen atoms in total. The number of nitrogens with zero attached hydrogens (tertiary/aromatic N) is 1. The van der Waals surface area contributed by atoms with Crippen molar-refractivity contribution in [3.8, 4) is 5.75 Å². The minimum absolute atomic E-state index is 0.102. The molecule has 1 aliphatic rings. The normalized spacial score (nSPS) is 14.4. The molecule has 1 aliphatic heterocycles. The number of hydrogen-bond donors (Lipinski definition) is 2. The highest BCUT2D eigenvalue weighted by Gasteiger charge is 2.18. The zero-order chi connectivity index (χ0) is 21.9. The molecule has 31 heavy (non-hydrogen) atoms. The van der Waals surface area contributed by atoms with Crippen LogP contribution in [-0.4, -0.2) is 62.7 Å². The van der Waals surface area contributed by atoms with E-state index < -0.39 is 0 Å². The molecule has 0 saturated carbocycles. The van der Waals surface area contributed by atoms with Crippen LogP contribution in [0.3, 0.4) is 0 Å². The molecule has 1 aromatic carbocycles. The first-order valence-corrected chi connectivity index (χ1v) is 11.6. The molecule has 0 atom stereocenters. The van der Waals surface area contributed by atoms with Gasteiger partial charge in [0.15, 0.2) is 0 Å². The van der Waals surface area contributed by atoms with Crippen molar-refractivity contribution < 1.29 is 19.1 Å². The number of likely N-dealkylation sites (N-methyl/N-ethyl adjacent to an activating group) is 1. The Kier molecular flexibility index (Phi) is 9.33. The number of amides is 2. The Balaban J connectivity index is 1.33. The monoisotopic (exact) mass is 445 g/mol. The summed E-state index contributed by atoms with van der Waals surface area (Å²) in [6, 6.07) is 10.1. The summed E-state index contributed by atoms with van der Waals surface area (Å²) in [5, 5.41) is 9.28. The van der Waals surface area contributed by atoms with Gasteiger partial charge >= 0.3 is 0 Å². The first-order chi connectivity index (χ1) is 15.1. The van der Waals surface area contributed by atoms with Gasteiger partial charge < -0.3 is 20.1 Å². The fraction of sp³-hybridized carbons (Fsp3) is 0.478. The summed E-state index contributed by atoms with van der Waals surface area (Å²) in [5.41, 5.74) is 1.60. The van der Waals surface area contributed by atoms with Crippen molar-refractivity contribution in [1.82, 2.24) is 15.5 Å². The van der Waals surface area contributed by atoms with Crippen molar-refractivity contribution in [2.45, 2.75) is 31.8 Å². The second kappa shape index (κ2) is 12.4. The lowest BCUT2D eigenvalue weighted by molar-refractivity contribution is -0.121. The molecule has 2 heterocycles. The van der Waals surface area contributed by atoms with Gasteiger partial charge in [0.2, 0.25) is 5.91 Å². The summed E-state index contributed by atoms with van der Waals surface area (Å²) >= 11 is 1.47. The van der Waals surface area contributed by atoms with Crippen LogP contribution < -0.4 is 15.4 Å². The highest BCUT2D eigenvalue weighted by molar-refractivity contribution is 7.08. The highest BCUT2D eigenvalue weighted by atomic mass is 32.1. The third-order valence-electron chi connectivity index (χ3n) is 5.34. The van der Waals surface area contributed by atoms with Crippen molar-refractivity contribution in [3.63, 3.8) is 0 Å². The van der Waals surface area contributed by atoms with Gasteiger partial charge in [-0.2, -0.15) is 11.3 Å². The predicted molar refractivity (Wildman–Crippen MR) is 122 cm³/mol. The zero-order valence-corrected chi connectivity index (χ0v) is 18.8. The van der Waals surface area contributed by atoms with Gasteiger partial charge in [-0.1, -0.05) is 12.1 Å². The average molecular weight is 446 g/mol. The van der Waals surface area contributed by atoms with E-state index in [1.807, 2.05) is 29.6 Å². The minimum Gasteiger partial charge on any atom is -0.492 e. The molecule has 0 spiro atoms. The van der Waals surface area contributed by atoms with Crippen LogP contribution in [0.15, 0.2) is 41.1 Å². The molecule has 2 amide bonds. The van der Waals surface area contributed by atoms with Gasteiger partial charge in [-0.15, -0.1) is 0 Å². The Hall–Kier alpha value is -2.42. The molecule has 2 aromatic rings. The van der Waals surface area contributed by atoms with Gasteiger partial charge in [-0.3, -0.25) is 14.5 Å². The number of hydrogen-bond acceptors (Lipinski definition) is 6. The minimum atomic E-state index is -0.152. The van der Waals surface area contributed by atoms with Crippen LogP contribution in [0.25, 0.3) is 0 Å². The van der Waals surface area contributed by atoms with Gasteiger partial charge in [-0.05, 0) is 49.0 Å². The molecule has 0 radical (unpaired) electrons. The molecule has 0 aliphatic carbocycles. The van der Waals surface area contributed by atoms with Crippen molar-refractivity contribution >= 4 is 23.2 Å². The first kappa shape index (κ1) is 23.2. The number of carbonyl (C=O) groups excluding carboxylic acids is 2. The fourth-order valence-corrected chi connectivity index (χ4v) is 4.07. The molecule has 3 rings (SSSR count). The van der Waals surface area contributed by atoms with E-state index in [0.29, 0.717) is 31.3 Å². The summed E-state index contributed by atoms with van der Waals surface area (Å²) in [4.78, 5) is 26.3. The van der Waals surface area contributed by atoms with E-state index >= 15 is 0 Å². The zero-order valence-electron chi connectivity index (χ0n) is 18.0. The van der Waals surface area contributed by atoms with Crippen LogP contribution in [0.5, 0.6) is 5.75 Å². The number of rotatable bonds is 11. The maximum atomic E-state index is 12.1. The Labute approximate surface area is 187 Å². The Bertz CT molecular complexity index is 822. The van der Waals surface area contributed by atoms with Gasteiger partial charge in [0.05, 0.1) is 0 Å². The smallest absolute Gasteiger partial charge is 0.252 e. The third-order valence-corrected chi connectivity index (χ3v) is 6.02. The molecular formula is C23H31N3O4S. The van der Waals surface area contributed by atoms with Crippen molar-refractivity contribution in [2.75, 3.05) is 40.0 Å². The summed E-state index contributed by atoms with van der Waals surface area (Å²) in [7, 11) is 2.13. The summed E-state index contributed by atoms with van der Waals surface area (Å²) in [6.45, 7) is 3.90. The standard InChI is InChI=1S/C23H31N3O4S/c1-26(20-6-11-29-12-7-20)10-13-30-21-4-2-3-18(15-21)16-25-22(27)5-9-24-23(28)19-8-14-31-17-19/h2-4,8,14-15,17,20H,5-7,9-13,16H2,1H3,(H,24,28)(H,25,27). The maximum absolute atomic E-state index is 12.1. The second-order valence-corrected chi connectivity index (χ2v) is 8.39. The van der Waals surface area contributed by atoms with Crippen LogP contribution in [0.2, 0.25) is 0 Å². The Morgan fingerprint density at radius 2 is 2.06 bits per heavy atom. The van der Waals surface area contributed by atoms with Gasteiger partial charge in [0, 0.05) is 56.3 Å². The quantitative estimate of drug-likeness (QED) is 0.556. The van der Waals surface area contributed by atoms with Crippen LogP contribution in [0.4, 0.5) is 0 Å². The molecule has 1 fully saturated rings. The predicted octanol–water partition coefficient (Wildman–Crippen LogP) is 2.67. The molecule has 0 bridgehead atoms. The summed E-state index contributed by atoms with van der Waals surface area (Å²) in [6.07, 6.45) is 2.39. The molecule has 1 saturated heterocycles. The molecule has 168 valence electrons. The summed E-state index contributed by atoms with van der Waals surface area (Å²) < 4.78 is 11.3. The van der Waals surface area contributed by atoms with Crippen molar-refractivity contribution in [3.05, 3.63) is 52.2 Å². The highest BCUT2D eigenvalue weighted by Crippen LogP contribution is 2.15.